The maximum Gasteiger partial charge on any atom is 0.220 e. The smallest absolute Gasteiger partial charge is 0.220 e. The first-order valence-electron chi connectivity index (χ1n) is 8.67. The minimum Gasteiger partial charge on any atom is -0.355 e. The summed E-state index contributed by atoms with van der Waals surface area (Å²) in [5.74, 6) is 0.849. The normalized spacial score (nSPS) is 19.2. The summed E-state index contributed by atoms with van der Waals surface area (Å²) in [7, 11) is 0. The average Bonchev–Trinajstić information content (AvgIpc) is 2.52. The van der Waals surface area contributed by atoms with Crippen LogP contribution in [-0.2, 0) is 4.79 Å². The highest BCUT2D eigenvalue weighted by atomic mass is 32.2. The van der Waals surface area contributed by atoms with E-state index in [0.717, 1.165) is 25.9 Å². The number of thioether (sulfide) groups is 1. The van der Waals surface area contributed by atoms with E-state index in [0.29, 0.717) is 17.1 Å². The van der Waals surface area contributed by atoms with Crippen LogP contribution >= 0.6 is 11.8 Å². The number of rotatable bonds is 10. The summed E-state index contributed by atoms with van der Waals surface area (Å²) in [4.78, 5) is 12.1. The van der Waals surface area contributed by atoms with Crippen molar-refractivity contribution in [2.75, 3.05) is 19.3 Å². The van der Waals surface area contributed by atoms with Crippen LogP contribution in [0.15, 0.2) is 0 Å². The highest BCUT2D eigenvalue weighted by Crippen LogP contribution is 2.37. The fourth-order valence-electron chi connectivity index (χ4n) is 3.41. The molecule has 0 spiro atoms. The molecule has 1 atom stereocenters. The van der Waals surface area contributed by atoms with Crippen LogP contribution in [0.1, 0.15) is 71.1 Å². The topological polar surface area (TPSA) is 55.1 Å². The van der Waals surface area contributed by atoms with E-state index in [-0.39, 0.29) is 5.91 Å². The highest BCUT2D eigenvalue weighted by Gasteiger charge is 2.31. The van der Waals surface area contributed by atoms with E-state index in [1.807, 2.05) is 11.8 Å². The molecule has 3 nitrogen and oxygen atoms in total. The fourth-order valence-corrected chi connectivity index (χ4v) is 4.32. The van der Waals surface area contributed by atoms with Gasteiger partial charge in [0.15, 0.2) is 0 Å². The fraction of sp³-hybridized carbons (Fsp3) is 0.941. The molecule has 124 valence electrons. The predicted molar refractivity (Wildman–Crippen MR) is 93.6 cm³/mol. The Bertz CT molecular complexity index is 285. The number of carbonyl (C=O) groups is 1. The molecule has 1 fully saturated rings. The number of hydrogen-bond donors (Lipinski definition) is 2. The van der Waals surface area contributed by atoms with Crippen LogP contribution in [-0.4, -0.2) is 30.0 Å². The van der Waals surface area contributed by atoms with E-state index in [9.17, 15) is 4.79 Å². The molecule has 0 saturated heterocycles. The summed E-state index contributed by atoms with van der Waals surface area (Å²) in [6.07, 6.45) is 13.7. The number of nitrogens with one attached hydrogen (secondary N) is 1. The van der Waals surface area contributed by atoms with E-state index < -0.39 is 0 Å². The van der Waals surface area contributed by atoms with Gasteiger partial charge in [0, 0.05) is 17.7 Å². The highest BCUT2D eigenvalue weighted by molar-refractivity contribution is 8.00. The van der Waals surface area contributed by atoms with Gasteiger partial charge in [-0.3, -0.25) is 4.79 Å². The lowest BCUT2D eigenvalue weighted by molar-refractivity contribution is -0.121. The van der Waals surface area contributed by atoms with Crippen molar-refractivity contribution in [2.24, 2.45) is 11.7 Å². The zero-order chi connectivity index (χ0) is 15.6. The number of carbonyl (C=O) groups excluding carboxylic acids is 1. The molecule has 1 aliphatic rings. The van der Waals surface area contributed by atoms with Crippen molar-refractivity contribution in [3.63, 3.8) is 0 Å². The summed E-state index contributed by atoms with van der Waals surface area (Å²) < 4.78 is 0.300. The van der Waals surface area contributed by atoms with E-state index in [1.54, 1.807) is 0 Å². The van der Waals surface area contributed by atoms with Gasteiger partial charge in [-0.1, -0.05) is 39.0 Å². The molecule has 3 N–H and O–H groups in total. The van der Waals surface area contributed by atoms with E-state index in [4.69, 9.17) is 5.73 Å². The first-order chi connectivity index (χ1) is 10.2. The van der Waals surface area contributed by atoms with Crippen LogP contribution in [0.5, 0.6) is 0 Å². The molecule has 0 heterocycles. The SMILES string of the molecule is CCCC(CCN)CCC(=O)NCC1(SC)CCCCC1. The largest absolute Gasteiger partial charge is 0.355 e. The van der Waals surface area contributed by atoms with Gasteiger partial charge in [-0.15, -0.1) is 0 Å². The van der Waals surface area contributed by atoms with Crippen molar-refractivity contribution in [1.82, 2.24) is 5.32 Å². The molecule has 0 aromatic heterocycles. The summed E-state index contributed by atoms with van der Waals surface area (Å²) >= 11 is 1.94. The summed E-state index contributed by atoms with van der Waals surface area (Å²) in [6, 6.07) is 0. The number of nitrogens with two attached hydrogens (primary N) is 1. The lowest BCUT2D eigenvalue weighted by Gasteiger charge is -2.35. The second-order valence-electron chi connectivity index (χ2n) is 6.50. The second-order valence-corrected chi connectivity index (χ2v) is 7.77. The molecule has 1 rings (SSSR count). The lowest BCUT2D eigenvalue weighted by atomic mass is 9.88. The van der Waals surface area contributed by atoms with Crippen LogP contribution in [0, 0.1) is 5.92 Å². The quantitative estimate of drug-likeness (QED) is 0.646. The minimum absolute atomic E-state index is 0.229. The molecule has 1 unspecified atom stereocenters. The summed E-state index contributed by atoms with van der Waals surface area (Å²) in [5.41, 5.74) is 5.65. The van der Waals surface area contributed by atoms with Gasteiger partial charge in [-0.2, -0.15) is 11.8 Å². The van der Waals surface area contributed by atoms with Crippen molar-refractivity contribution >= 4 is 17.7 Å². The van der Waals surface area contributed by atoms with Crippen molar-refractivity contribution in [1.29, 1.82) is 0 Å². The monoisotopic (exact) mass is 314 g/mol. The third kappa shape index (κ3) is 7.05. The number of hydrogen-bond acceptors (Lipinski definition) is 3. The predicted octanol–water partition coefficient (Wildman–Crippen LogP) is 3.71. The van der Waals surface area contributed by atoms with Crippen molar-refractivity contribution in [2.45, 2.75) is 75.9 Å². The Morgan fingerprint density at radius 1 is 1.24 bits per heavy atom. The molecule has 0 aromatic carbocycles. The maximum atomic E-state index is 12.1. The molecule has 1 aliphatic carbocycles. The molecular formula is C17H34N2OS. The van der Waals surface area contributed by atoms with Crippen LogP contribution in [0.3, 0.4) is 0 Å². The molecule has 0 aromatic rings. The molecule has 1 amide bonds. The first kappa shape index (κ1) is 18.8. The van der Waals surface area contributed by atoms with Crippen LogP contribution in [0.25, 0.3) is 0 Å². The Morgan fingerprint density at radius 2 is 1.95 bits per heavy atom. The Kier molecular flexibility index (Phi) is 9.41. The third-order valence-corrected chi connectivity index (χ3v) is 6.28. The average molecular weight is 315 g/mol. The molecule has 4 heteroatoms. The Hall–Kier alpha value is -0.220. The van der Waals surface area contributed by atoms with Crippen molar-refractivity contribution < 1.29 is 4.79 Å². The van der Waals surface area contributed by atoms with Crippen LogP contribution < -0.4 is 11.1 Å². The lowest BCUT2D eigenvalue weighted by Crippen LogP contribution is -2.41. The molecule has 1 saturated carbocycles. The molecule has 0 radical (unpaired) electrons. The number of amides is 1. The maximum absolute atomic E-state index is 12.1. The molecule has 21 heavy (non-hydrogen) atoms. The van der Waals surface area contributed by atoms with Gasteiger partial charge >= 0.3 is 0 Å². The van der Waals surface area contributed by atoms with Gasteiger partial charge in [0.25, 0.3) is 0 Å². The second kappa shape index (κ2) is 10.5. The first-order valence-corrected chi connectivity index (χ1v) is 9.90. The van der Waals surface area contributed by atoms with E-state index >= 15 is 0 Å². The summed E-state index contributed by atoms with van der Waals surface area (Å²) in [6.45, 7) is 3.79. The zero-order valence-electron chi connectivity index (χ0n) is 14.0. The van der Waals surface area contributed by atoms with Gasteiger partial charge in [0.05, 0.1) is 0 Å². The Balaban J connectivity index is 2.28. The van der Waals surface area contributed by atoms with Crippen molar-refractivity contribution in [3.05, 3.63) is 0 Å². The van der Waals surface area contributed by atoms with Gasteiger partial charge < -0.3 is 11.1 Å². The van der Waals surface area contributed by atoms with Gasteiger partial charge in [0.1, 0.15) is 0 Å². The van der Waals surface area contributed by atoms with Gasteiger partial charge in [-0.25, -0.2) is 0 Å². The molecular weight excluding hydrogens is 280 g/mol. The standard InChI is InChI=1S/C17H34N2OS/c1-3-7-15(10-13-18)8-9-16(20)19-14-17(21-2)11-5-4-6-12-17/h15H,3-14,18H2,1-2H3,(H,19,20). The Morgan fingerprint density at radius 3 is 2.52 bits per heavy atom. The minimum atomic E-state index is 0.229. The third-order valence-electron chi connectivity index (χ3n) is 4.86. The van der Waals surface area contributed by atoms with Crippen molar-refractivity contribution in [3.8, 4) is 0 Å². The Labute approximate surface area is 135 Å². The summed E-state index contributed by atoms with van der Waals surface area (Å²) in [5, 5.41) is 3.19. The van der Waals surface area contributed by atoms with Crippen LogP contribution in [0.4, 0.5) is 0 Å². The van der Waals surface area contributed by atoms with Gasteiger partial charge in [-0.05, 0) is 44.4 Å². The molecule has 0 bridgehead atoms. The van der Waals surface area contributed by atoms with Gasteiger partial charge in [0.2, 0.25) is 5.91 Å². The van der Waals surface area contributed by atoms with E-state index in [1.165, 1.54) is 44.9 Å². The zero-order valence-corrected chi connectivity index (χ0v) is 14.8. The van der Waals surface area contributed by atoms with Crippen LogP contribution in [0.2, 0.25) is 0 Å². The van der Waals surface area contributed by atoms with E-state index in [2.05, 4.69) is 18.5 Å². The molecule has 0 aliphatic heterocycles.